The van der Waals surface area contributed by atoms with Crippen LogP contribution in [0.3, 0.4) is 0 Å². The molecule has 3 aromatic rings. The fourth-order valence-corrected chi connectivity index (χ4v) is 4.65. The lowest BCUT2D eigenvalue weighted by Crippen LogP contribution is -2.32. The third kappa shape index (κ3) is 7.72. The number of aryl methyl sites for hydroxylation is 1. The number of ether oxygens (including phenoxy) is 1. The van der Waals surface area contributed by atoms with E-state index in [1.54, 1.807) is 24.3 Å². The number of benzene rings is 2. The first-order chi connectivity index (χ1) is 19.5. The van der Waals surface area contributed by atoms with Gasteiger partial charge >= 0.3 is 12.4 Å². The number of nitrogens with one attached hydrogen (secondary N) is 1. The molecule has 4 rings (SSSR count). The molecule has 0 spiro atoms. The molecule has 1 saturated heterocycles. The summed E-state index contributed by atoms with van der Waals surface area (Å²) in [6.45, 7) is 7.81. The number of hydrogen-bond acceptors (Lipinski definition) is 6. The summed E-state index contributed by atoms with van der Waals surface area (Å²) in [5, 5.41) is 7.37. The zero-order chi connectivity index (χ0) is 29.6. The van der Waals surface area contributed by atoms with Crippen LogP contribution in [0, 0.1) is 6.92 Å². The predicted octanol–water partition coefficient (Wildman–Crippen LogP) is 5.84. The van der Waals surface area contributed by atoms with E-state index in [0.29, 0.717) is 27.7 Å². The number of nitrogens with zero attached hydrogens (tertiary/aromatic N) is 5. The number of carbonyl (C=O) groups excluding carboxylic acids is 2. The number of urea groups is 1. The maximum atomic E-state index is 12.7. The Hall–Kier alpha value is -4.65. The number of allylic oxidation sites excluding steroid dienone is 3. The summed E-state index contributed by atoms with van der Waals surface area (Å²) in [6.07, 6.45) is 1.89. The van der Waals surface area contributed by atoms with Crippen LogP contribution in [-0.4, -0.2) is 50.5 Å². The highest BCUT2D eigenvalue weighted by molar-refractivity contribution is 8.15. The molecule has 1 aliphatic rings. The maximum Gasteiger partial charge on any atom is 0.573 e. The van der Waals surface area contributed by atoms with E-state index in [9.17, 15) is 22.8 Å². The molecule has 0 atom stereocenters. The molecule has 0 aliphatic carbocycles. The van der Waals surface area contributed by atoms with Crippen molar-refractivity contribution in [1.29, 1.82) is 0 Å². The van der Waals surface area contributed by atoms with Gasteiger partial charge in [-0.2, -0.15) is 4.99 Å². The van der Waals surface area contributed by atoms with Gasteiger partial charge < -0.3 is 10.1 Å². The normalized spacial score (nSPS) is 15.1. The van der Waals surface area contributed by atoms with Gasteiger partial charge in [-0.15, -0.1) is 18.3 Å². The molecule has 1 aromatic heterocycles. The lowest BCUT2D eigenvalue weighted by atomic mass is 10.1. The largest absolute Gasteiger partial charge is 0.573 e. The topological polar surface area (TPSA) is 102 Å². The molecule has 1 fully saturated rings. The van der Waals surface area contributed by atoms with Crippen LogP contribution in [0.15, 0.2) is 90.2 Å². The third-order valence-electron chi connectivity index (χ3n) is 5.62. The Balaban J connectivity index is 1.42. The number of thioether (sulfide) groups is 1. The van der Waals surface area contributed by atoms with Gasteiger partial charge in [0, 0.05) is 12.1 Å². The van der Waals surface area contributed by atoms with Crippen molar-refractivity contribution in [1.82, 2.24) is 20.1 Å². The molecule has 1 N–H and O–H groups in total. The lowest BCUT2D eigenvalue weighted by Gasteiger charge is -2.18. The SMILES string of the molecule is C=C(/C=C(\C=C/C)CNC(=O)/N=C1\SCC(=O)N1c1ccccc1C)c1ncn(-c2ccc(OC(F)(F)F)cc2)n1. The van der Waals surface area contributed by atoms with Crippen LogP contribution in [0.5, 0.6) is 5.75 Å². The second-order valence-electron chi connectivity index (χ2n) is 8.66. The third-order valence-corrected chi connectivity index (χ3v) is 6.54. The molecule has 0 unspecified atom stereocenters. The predicted molar refractivity (Wildman–Crippen MR) is 152 cm³/mol. The first kappa shape index (κ1) is 29.3. The van der Waals surface area contributed by atoms with Crippen molar-refractivity contribution >= 4 is 40.1 Å². The summed E-state index contributed by atoms with van der Waals surface area (Å²) in [7, 11) is 0. The zero-order valence-corrected chi connectivity index (χ0v) is 22.9. The Morgan fingerprint density at radius 3 is 2.63 bits per heavy atom. The number of aromatic nitrogens is 3. The number of halogens is 3. The highest BCUT2D eigenvalue weighted by Crippen LogP contribution is 2.29. The standard InChI is InChI=1S/C28H25F3N6O3S/c1-4-7-20(15-32-26(39)34-27-37(24(38)16-41-27)23-9-6-5-8-18(23)2)14-19(3)25-33-17-36(35-25)21-10-12-22(13-11-21)40-28(29,30)31/h4-14,17H,3,15-16H2,1-2H3,(H,32,39)/b7-4-,20-14+,34-27-. The van der Waals surface area contributed by atoms with Crippen molar-refractivity contribution in [3.63, 3.8) is 0 Å². The number of aliphatic imine (C=N–C) groups is 1. The minimum absolute atomic E-state index is 0.114. The van der Waals surface area contributed by atoms with Crippen LogP contribution in [0.1, 0.15) is 18.3 Å². The Labute approximate surface area is 238 Å². The Morgan fingerprint density at radius 2 is 1.95 bits per heavy atom. The fourth-order valence-electron chi connectivity index (χ4n) is 3.80. The van der Waals surface area contributed by atoms with Gasteiger partial charge in [0.25, 0.3) is 0 Å². The molecule has 212 valence electrons. The fraction of sp³-hybridized carbons (Fsp3) is 0.179. The molecule has 0 radical (unpaired) electrons. The van der Waals surface area contributed by atoms with Gasteiger partial charge in [0.1, 0.15) is 12.1 Å². The van der Waals surface area contributed by atoms with Gasteiger partial charge in [0.05, 0.1) is 17.1 Å². The van der Waals surface area contributed by atoms with E-state index in [2.05, 4.69) is 31.7 Å². The number of rotatable bonds is 8. The summed E-state index contributed by atoms with van der Waals surface area (Å²) in [5.41, 5.74) is 3.16. The number of amidine groups is 1. The Morgan fingerprint density at radius 1 is 1.22 bits per heavy atom. The first-order valence-corrected chi connectivity index (χ1v) is 13.2. The zero-order valence-electron chi connectivity index (χ0n) is 22.1. The van der Waals surface area contributed by atoms with Crippen molar-refractivity contribution in [2.45, 2.75) is 20.2 Å². The summed E-state index contributed by atoms with van der Waals surface area (Å²) < 4.78 is 42.5. The van der Waals surface area contributed by atoms with Gasteiger partial charge in [0.15, 0.2) is 11.0 Å². The van der Waals surface area contributed by atoms with E-state index in [1.165, 1.54) is 51.9 Å². The van der Waals surface area contributed by atoms with Crippen LogP contribution in [0.4, 0.5) is 23.7 Å². The minimum atomic E-state index is -4.78. The van der Waals surface area contributed by atoms with E-state index in [-0.39, 0.29) is 29.8 Å². The van der Waals surface area contributed by atoms with Gasteiger partial charge in [-0.25, -0.2) is 14.5 Å². The van der Waals surface area contributed by atoms with Crippen LogP contribution < -0.4 is 15.0 Å². The highest BCUT2D eigenvalue weighted by Gasteiger charge is 2.32. The van der Waals surface area contributed by atoms with E-state index in [4.69, 9.17) is 0 Å². The molecule has 2 heterocycles. The highest BCUT2D eigenvalue weighted by atomic mass is 32.2. The number of hydrogen-bond donors (Lipinski definition) is 1. The summed E-state index contributed by atoms with van der Waals surface area (Å²) in [5.74, 6) is -0.0315. The average Bonchev–Trinajstić information content (AvgIpc) is 3.55. The smallest absolute Gasteiger partial charge is 0.406 e. The van der Waals surface area contributed by atoms with Crippen LogP contribution in [0.25, 0.3) is 11.3 Å². The van der Waals surface area contributed by atoms with Crippen molar-refractivity contribution in [3.05, 3.63) is 96.6 Å². The van der Waals surface area contributed by atoms with Crippen LogP contribution in [-0.2, 0) is 4.79 Å². The van der Waals surface area contributed by atoms with Crippen molar-refractivity contribution < 1.29 is 27.5 Å². The second kappa shape index (κ2) is 12.7. The van der Waals surface area contributed by atoms with E-state index in [1.807, 2.05) is 32.0 Å². The molecular weight excluding hydrogens is 557 g/mol. The van der Waals surface area contributed by atoms with E-state index in [0.717, 1.165) is 5.56 Å². The molecule has 1 aliphatic heterocycles. The van der Waals surface area contributed by atoms with Gasteiger partial charge in [-0.3, -0.25) is 9.69 Å². The molecule has 41 heavy (non-hydrogen) atoms. The monoisotopic (exact) mass is 582 g/mol. The lowest BCUT2D eigenvalue weighted by molar-refractivity contribution is -0.274. The average molecular weight is 583 g/mol. The number of para-hydroxylation sites is 1. The number of alkyl halides is 3. The molecule has 0 bridgehead atoms. The Bertz CT molecular complexity index is 1540. The summed E-state index contributed by atoms with van der Waals surface area (Å²) in [4.78, 5) is 34.9. The van der Waals surface area contributed by atoms with E-state index < -0.39 is 12.4 Å². The van der Waals surface area contributed by atoms with Gasteiger partial charge in [-0.1, -0.05) is 48.7 Å². The quantitative estimate of drug-likeness (QED) is 0.335. The van der Waals surface area contributed by atoms with Gasteiger partial charge in [-0.05, 0) is 61.4 Å². The second-order valence-corrected chi connectivity index (χ2v) is 9.60. The summed E-state index contributed by atoms with van der Waals surface area (Å²) >= 11 is 1.19. The van der Waals surface area contributed by atoms with Crippen molar-refractivity contribution in [2.75, 3.05) is 17.2 Å². The number of amides is 3. The number of carbonyl (C=O) groups is 2. The molecule has 2 aromatic carbocycles. The van der Waals surface area contributed by atoms with Crippen LogP contribution >= 0.6 is 11.8 Å². The molecule has 9 nitrogen and oxygen atoms in total. The minimum Gasteiger partial charge on any atom is -0.406 e. The molecule has 0 saturated carbocycles. The number of anilines is 1. The van der Waals surface area contributed by atoms with Gasteiger partial charge in [0.2, 0.25) is 5.91 Å². The molecule has 13 heteroatoms. The van der Waals surface area contributed by atoms with Crippen molar-refractivity contribution in [3.8, 4) is 11.4 Å². The van der Waals surface area contributed by atoms with Crippen molar-refractivity contribution in [2.24, 2.45) is 4.99 Å². The molecular formula is C28H25F3N6O3S. The Kier molecular flexibility index (Phi) is 9.07. The van der Waals surface area contributed by atoms with Crippen LogP contribution in [0.2, 0.25) is 0 Å². The maximum absolute atomic E-state index is 12.7. The first-order valence-electron chi connectivity index (χ1n) is 12.2. The summed E-state index contributed by atoms with van der Waals surface area (Å²) in [6, 6.07) is 11.9. The van der Waals surface area contributed by atoms with E-state index >= 15 is 0 Å². The molecule has 3 amide bonds.